The lowest BCUT2D eigenvalue weighted by Crippen LogP contribution is -2.06. The summed E-state index contributed by atoms with van der Waals surface area (Å²) in [6.07, 6.45) is 1.47. The Morgan fingerprint density at radius 1 is 1.05 bits per heavy atom. The lowest BCUT2D eigenvalue weighted by molar-refractivity contribution is 0.203. The van der Waals surface area contributed by atoms with Crippen LogP contribution in [-0.4, -0.2) is 14.7 Å². The van der Waals surface area contributed by atoms with E-state index in [0.717, 1.165) is 18.4 Å². The second-order valence-electron chi connectivity index (χ2n) is 5.31. The van der Waals surface area contributed by atoms with Crippen LogP contribution in [0.1, 0.15) is 23.7 Å². The van der Waals surface area contributed by atoms with E-state index in [-0.39, 0.29) is 10.5 Å². The van der Waals surface area contributed by atoms with Gasteiger partial charge in [0.25, 0.3) is 0 Å². The Morgan fingerprint density at radius 3 is 2.32 bits per heavy atom. The van der Waals surface area contributed by atoms with Gasteiger partial charge >= 0.3 is 0 Å². The summed E-state index contributed by atoms with van der Waals surface area (Å²) >= 11 is 0. The summed E-state index contributed by atoms with van der Waals surface area (Å²) in [6.45, 7) is 0. The molecule has 0 saturated carbocycles. The third kappa shape index (κ3) is 2.70. The van der Waals surface area contributed by atoms with Crippen molar-refractivity contribution in [3.8, 4) is 5.75 Å². The Bertz CT molecular complexity index is 814. The zero-order chi connectivity index (χ0) is 15.9. The molecule has 0 aliphatic heterocycles. The fourth-order valence-corrected chi connectivity index (χ4v) is 3.31. The molecule has 3 rings (SSSR count). The summed E-state index contributed by atoms with van der Waals surface area (Å²) in [7, 11) is -3.27. The zero-order valence-electron chi connectivity index (χ0n) is 11.8. The third-order valence-electron chi connectivity index (χ3n) is 3.76. The van der Waals surface area contributed by atoms with Gasteiger partial charge < -0.3 is 4.74 Å². The van der Waals surface area contributed by atoms with Crippen LogP contribution in [0.15, 0.2) is 41.3 Å². The second-order valence-corrected chi connectivity index (χ2v) is 7.33. The number of fused-ring (bicyclic) bond motifs is 1. The number of ether oxygens (including phenoxy) is 1. The van der Waals surface area contributed by atoms with Crippen LogP contribution in [0.2, 0.25) is 0 Å². The lowest BCUT2D eigenvalue weighted by atomic mass is 10.1. The lowest BCUT2D eigenvalue weighted by Gasteiger charge is -2.16. The predicted octanol–water partition coefficient (Wildman–Crippen LogP) is 3.43. The van der Waals surface area contributed by atoms with Crippen LogP contribution in [0, 0.1) is 11.6 Å². The molecule has 0 amide bonds. The molecule has 1 aliphatic carbocycles. The first-order chi connectivity index (χ1) is 10.4. The molecule has 6 heteroatoms. The van der Waals surface area contributed by atoms with E-state index < -0.39 is 27.6 Å². The first-order valence-corrected chi connectivity index (χ1v) is 8.69. The quantitative estimate of drug-likeness (QED) is 0.869. The van der Waals surface area contributed by atoms with Gasteiger partial charge in [0.2, 0.25) is 0 Å². The van der Waals surface area contributed by atoms with Gasteiger partial charge in [-0.15, -0.1) is 0 Å². The van der Waals surface area contributed by atoms with Crippen LogP contribution < -0.4 is 4.74 Å². The Balaban J connectivity index is 1.86. The van der Waals surface area contributed by atoms with E-state index in [1.54, 1.807) is 0 Å². The molecule has 22 heavy (non-hydrogen) atoms. The Kier molecular flexibility index (Phi) is 3.64. The molecule has 2 aromatic carbocycles. The Labute approximate surface area is 127 Å². The van der Waals surface area contributed by atoms with Gasteiger partial charge in [-0.25, -0.2) is 17.2 Å². The molecule has 1 atom stereocenters. The van der Waals surface area contributed by atoms with Gasteiger partial charge in [0, 0.05) is 11.8 Å². The number of sulfone groups is 1. The van der Waals surface area contributed by atoms with Gasteiger partial charge in [0.1, 0.15) is 23.5 Å². The van der Waals surface area contributed by atoms with E-state index in [9.17, 15) is 17.2 Å². The molecule has 2 aromatic rings. The molecular formula is C16H14F2O3S. The minimum atomic E-state index is -3.27. The molecule has 116 valence electrons. The highest BCUT2D eigenvalue weighted by Gasteiger charge is 2.30. The first-order valence-electron chi connectivity index (χ1n) is 6.80. The van der Waals surface area contributed by atoms with Gasteiger partial charge in [-0.05, 0) is 54.8 Å². The zero-order valence-corrected chi connectivity index (χ0v) is 12.7. The minimum absolute atomic E-state index is 0.184. The largest absolute Gasteiger partial charge is 0.486 e. The summed E-state index contributed by atoms with van der Waals surface area (Å²) in [5.41, 5.74) is 0.616. The molecular weight excluding hydrogens is 310 g/mol. The molecule has 0 aromatic heterocycles. The normalized spacial score (nSPS) is 17.3. The molecule has 1 aliphatic rings. The van der Waals surface area contributed by atoms with Crippen LogP contribution in [0.3, 0.4) is 0 Å². The van der Waals surface area contributed by atoms with Gasteiger partial charge in [0.15, 0.2) is 9.84 Å². The smallest absolute Gasteiger partial charge is 0.175 e. The Morgan fingerprint density at radius 2 is 1.68 bits per heavy atom. The summed E-state index contributed by atoms with van der Waals surface area (Å²) in [6, 6.07) is 8.13. The van der Waals surface area contributed by atoms with Gasteiger partial charge in [-0.1, -0.05) is 0 Å². The molecule has 0 N–H and O–H groups in total. The third-order valence-corrected chi connectivity index (χ3v) is 4.88. The van der Waals surface area contributed by atoms with E-state index in [1.165, 1.54) is 24.3 Å². The monoisotopic (exact) mass is 324 g/mol. The number of rotatable bonds is 3. The van der Waals surface area contributed by atoms with E-state index in [2.05, 4.69) is 0 Å². The maximum Gasteiger partial charge on any atom is 0.175 e. The molecule has 0 radical (unpaired) electrons. The first kappa shape index (κ1) is 15.0. The van der Waals surface area contributed by atoms with Crippen LogP contribution in [0.5, 0.6) is 5.75 Å². The van der Waals surface area contributed by atoms with Crippen LogP contribution in [0.25, 0.3) is 0 Å². The van der Waals surface area contributed by atoms with E-state index in [0.29, 0.717) is 24.2 Å². The van der Waals surface area contributed by atoms with Gasteiger partial charge in [-0.2, -0.15) is 0 Å². The van der Waals surface area contributed by atoms with Crippen LogP contribution in [0.4, 0.5) is 8.78 Å². The van der Waals surface area contributed by atoms with E-state index >= 15 is 0 Å². The van der Waals surface area contributed by atoms with Gasteiger partial charge in [0.05, 0.1) is 4.90 Å². The molecule has 3 nitrogen and oxygen atoms in total. The van der Waals surface area contributed by atoms with Crippen LogP contribution >= 0.6 is 0 Å². The highest BCUT2D eigenvalue weighted by Crippen LogP contribution is 2.38. The standard InChI is InChI=1S/C16H14F2O3S/c1-22(19,20)11-4-2-10(3-5-11)21-15-9-6-12-13(17)7-8-14(18)16(12)15/h2-5,7-8,15H,6,9H2,1H3. The fourth-order valence-electron chi connectivity index (χ4n) is 2.68. The van der Waals surface area contributed by atoms with Crippen molar-refractivity contribution >= 4 is 9.84 Å². The highest BCUT2D eigenvalue weighted by atomic mass is 32.2. The summed E-state index contributed by atoms with van der Waals surface area (Å²) < 4.78 is 56.1. The van der Waals surface area contributed by atoms with Crippen molar-refractivity contribution in [2.75, 3.05) is 6.26 Å². The molecule has 0 saturated heterocycles. The predicted molar refractivity (Wildman–Crippen MR) is 77.6 cm³/mol. The SMILES string of the molecule is CS(=O)(=O)c1ccc(OC2CCc3c(F)ccc(F)c32)cc1. The van der Waals surface area contributed by atoms with Crippen molar-refractivity contribution in [1.82, 2.24) is 0 Å². The number of hydrogen-bond acceptors (Lipinski definition) is 3. The summed E-state index contributed by atoms with van der Waals surface area (Å²) in [5.74, 6) is -0.476. The molecule has 0 fully saturated rings. The molecule has 0 heterocycles. The van der Waals surface area contributed by atoms with E-state index in [1.807, 2.05) is 0 Å². The van der Waals surface area contributed by atoms with Crippen molar-refractivity contribution in [2.45, 2.75) is 23.8 Å². The molecule has 1 unspecified atom stereocenters. The molecule has 0 bridgehead atoms. The average molecular weight is 324 g/mol. The van der Waals surface area contributed by atoms with Gasteiger partial charge in [-0.3, -0.25) is 0 Å². The number of hydrogen-bond donors (Lipinski definition) is 0. The van der Waals surface area contributed by atoms with Crippen LogP contribution in [-0.2, 0) is 16.3 Å². The minimum Gasteiger partial charge on any atom is -0.486 e. The second kappa shape index (κ2) is 5.35. The summed E-state index contributed by atoms with van der Waals surface area (Å²) in [5, 5.41) is 0. The maximum absolute atomic E-state index is 13.9. The van der Waals surface area contributed by atoms with Crippen molar-refractivity contribution in [2.24, 2.45) is 0 Å². The Hall–Kier alpha value is -1.95. The topological polar surface area (TPSA) is 43.4 Å². The highest BCUT2D eigenvalue weighted by molar-refractivity contribution is 7.90. The van der Waals surface area contributed by atoms with Crippen molar-refractivity contribution in [3.63, 3.8) is 0 Å². The van der Waals surface area contributed by atoms with E-state index in [4.69, 9.17) is 4.74 Å². The van der Waals surface area contributed by atoms with Crippen molar-refractivity contribution < 1.29 is 21.9 Å². The maximum atomic E-state index is 13.9. The number of halogens is 2. The van der Waals surface area contributed by atoms with Crippen molar-refractivity contribution in [3.05, 3.63) is 59.2 Å². The molecule has 0 spiro atoms. The van der Waals surface area contributed by atoms with Crippen molar-refractivity contribution in [1.29, 1.82) is 0 Å². The number of benzene rings is 2. The average Bonchev–Trinajstić information content (AvgIpc) is 2.88. The summed E-state index contributed by atoms with van der Waals surface area (Å²) in [4.78, 5) is 0.184. The fraction of sp³-hybridized carbons (Fsp3) is 0.250.